The van der Waals surface area contributed by atoms with Crippen molar-refractivity contribution in [2.24, 2.45) is 11.3 Å². The number of carbonyl (C=O) groups is 2. The van der Waals surface area contributed by atoms with Crippen LogP contribution in [0.3, 0.4) is 0 Å². The summed E-state index contributed by atoms with van der Waals surface area (Å²) in [4.78, 5) is 26.7. The smallest absolute Gasteiger partial charge is 0.261 e. The molecule has 1 atom stereocenters. The molecule has 4 rings (SSSR count). The van der Waals surface area contributed by atoms with Gasteiger partial charge in [0.15, 0.2) is 0 Å². The standard InChI is InChI=1S/C25H27NO4/c1-3-17(4-2)15-30-19-9-7-8-18(14-19)22(27)25(12-13-25)16-26-23(28)20-10-5-6-11-21(20)24(26)29/h5-14,17,22,27H,3-4,15-16H2,1-2H3/t22-/m0/s1. The zero-order valence-corrected chi connectivity index (χ0v) is 17.4. The van der Waals surface area contributed by atoms with Crippen LogP contribution in [0.2, 0.25) is 0 Å². The molecule has 30 heavy (non-hydrogen) atoms. The van der Waals surface area contributed by atoms with Gasteiger partial charge in [0, 0.05) is 6.54 Å². The fourth-order valence-corrected chi connectivity index (χ4v) is 3.96. The van der Waals surface area contributed by atoms with Gasteiger partial charge in [-0.2, -0.15) is 0 Å². The number of nitrogens with zero attached hydrogens (tertiary/aromatic N) is 1. The summed E-state index contributed by atoms with van der Waals surface area (Å²) in [6, 6.07) is 14.3. The van der Waals surface area contributed by atoms with Gasteiger partial charge in [-0.05, 0) is 35.7 Å². The van der Waals surface area contributed by atoms with E-state index in [1.165, 1.54) is 4.90 Å². The molecule has 5 nitrogen and oxygen atoms in total. The first-order valence-electron chi connectivity index (χ1n) is 10.6. The Morgan fingerprint density at radius 2 is 1.60 bits per heavy atom. The predicted octanol–water partition coefficient (Wildman–Crippen LogP) is 4.39. The molecule has 0 aromatic heterocycles. The molecule has 1 aliphatic heterocycles. The first kappa shape index (κ1) is 20.4. The third kappa shape index (κ3) is 3.65. The van der Waals surface area contributed by atoms with Crippen LogP contribution in [0.1, 0.15) is 59.1 Å². The Morgan fingerprint density at radius 3 is 2.17 bits per heavy atom. The Balaban J connectivity index is 1.48. The first-order chi connectivity index (χ1) is 14.5. The zero-order chi connectivity index (χ0) is 21.3. The number of imide groups is 1. The number of fused-ring (bicyclic) bond motifs is 1. The van der Waals surface area contributed by atoms with Gasteiger partial charge in [-0.15, -0.1) is 0 Å². The molecule has 5 heteroatoms. The molecule has 1 aliphatic carbocycles. The molecule has 2 aromatic rings. The van der Waals surface area contributed by atoms with Gasteiger partial charge in [0.2, 0.25) is 0 Å². The Hall–Kier alpha value is -2.92. The average molecular weight is 405 g/mol. The summed E-state index contributed by atoms with van der Waals surface area (Å²) < 4.78 is 5.93. The number of ether oxygens (including phenoxy) is 1. The number of benzene rings is 2. The molecule has 1 heterocycles. The van der Waals surface area contributed by atoms with E-state index in [-0.39, 0.29) is 18.4 Å². The number of rotatable bonds is 9. The third-order valence-corrected chi connectivity index (χ3v) is 6.23. The quantitative estimate of drug-likeness (QED) is 0.496. The van der Waals surface area contributed by atoms with Gasteiger partial charge in [0.05, 0.1) is 29.3 Å². The first-order valence-corrected chi connectivity index (χ1v) is 10.6. The summed E-state index contributed by atoms with van der Waals surface area (Å²) in [7, 11) is 0. The van der Waals surface area contributed by atoms with Gasteiger partial charge in [-0.25, -0.2) is 0 Å². The molecule has 156 valence electrons. The third-order valence-electron chi connectivity index (χ3n) is 6.23. The molecular weight excluding hydrogens is 378 g/mol. The maximum Gasteiger partial charge on any atom is 0.261 e. The van der Waals surface area contributed by atoms with Crippen LogP contribution in [-0.2, 0) is 0 Å². The van der Waals surface area contributed by atoms with Crippen molar-refractivity contribution in [3.8, 4) is 5.75 Å². The highest BCUT2D eigenvalue weighted by Crippen LogP contribution is 2.48. The Bertz CT molecular complexity index is 951. The van der Waals surface area contributed by atoms with Crippen molar-refractivity contribution in [3.63, 3.8) is 0 Å². The zero-order valence-electron chi connectivity index (χ0n) is 17.4. The van der Waals surface area contributed by atoms with Crippen LogP contribution < -0.4 is 4.74 Å². The van der Waals surface area contributed by atoms with Crippen LogP contribution >= 0.6 is 0 Å². The molecule has 0 saturated heterocycles. The van der Waals surface area contributed by atoms with Crippen LogP contribution in [0.15, 0.2) is 60.7 Å². The lowest BCUT2D eigenvalue weighted by molar-refractivity contribution is 0.0507. The van der Waals surface area contributed by atoms with Crippen molar-refractivity contribution in [2.75, 3.05) is 13.2 Å². The second kappa shape index (κ2) is 8.07. The van der Waals surface area contributed by atoms with Crippen molar-refractivity contribution >= 4 is 11.8 Å². The summed E-state index contributed by atoms with van der Waals surface area (Å²) >= 11 is 0. The summed E-state index contributed by atoms with van der Waals surface area (Å²) in [6.07, 6.45) is 4.98. The SMILES string of the molecule is CCC(CC)COc1cccc([C@H](O)C2(CN3C(=O)c4ccccc4C3=O)C=C2)c1. The number of hydrogen-bond acceptors (Lipinski definition) is 4. The van der Waals surface area contributed by atoms with Gasteiger partial charge in [-0.1, -0.05) is 63.1 Å². The summed E-state index contributed by atoms with van der Waals surface area (Å²) in [5, 5.41) is 11.1. The maximum atomic E-state index is 12.7. The van der Waals surface area contributed by atoms with Gasteiger partial charge < -0.3 is 9.84 Å². The van der Waals surface area contributed by atoms with Gasteiger partial charge in [-0.3, -0.25) is 14.5 Å². The van der Waals surface area contributed by atoms with Gasteiger partial charge in [0.1, 0.15) is 5.75 Å². The molecule has 0 fully saturated rings. The lowest BCUT2D eigenvalue weighted by Crippen LogP contribution is -2.38. The highest BCUT2D eigenvalue weighted by Gasteiger charge is 2.48. The van der Waals surface area contributed by atoms with Crippen molar-refractivity contribution in [3.05, 3.63) is 77.4 Å². The van der Waals surface area contributed by atoms with Crippen molar-refractivity contribution < 1.29 is 19.4 Å². The normalized spacial score (nSPS) is 17.4. The molecule has 2 aliphatic rings. The Morgan fingerprint density at radius 1 is 0.967 bits per heavy atom. The second-order valence-corrected chi connectivity index (χ2v) is 8.16. The van der Waals surface area contributed by atoms with E-state index in [2.05, 4.69) is 13.8 Å². The monoisotopic (exact) mass is 405 g/mol. The molecular formula is C25H27NO4. The number of carbonyl (C=O) groups excluding carboxylic acids is 2. The highest BCUT2D eigenvalue weighted by atomic mass is 16.5. The largest absolute Gasteiger partial charge is 0.493 e. The van der Waals surface area contributed by atoms with E-state index in [0.717, 1.165) is 18.6 Å². The molecule has 0 spiro atoms. The second-order valence-electron chi connectivity index (χ2n) is 8.16. The Kier molecular flexibility index (Phi) is 5.48. The lowest BCUT2D eigenvalue weighted by Gasteiger charge is -2.27. The number of aliphatic hydroxyl groups excluding tert-OH is 1. The van der Waals surface area contributed by atoms with E-state index in [1.807, 2.05) is 36.4 Å². The fraction of sp³-hybridized carbons (Fsp3) is 0.360. The van der Waals surface area contributed by atoms with Crippen molar-refractivity contribution in [1.82, 2.24) is 4.90 Å². The van der Waals surface area contributed by atoms with Gasteiger partial charge >= 0.3 is 0 Å². The van der Waals surface area contributed by atoms with E-state index in [4.69, 9.17) is 4.74 Å². The molecule has 2 aromatic carbocycles. The lowest BCUT2D eigenvalue weighted by atomic mass is 9.90. The minimum absolute atomic E-state index is 0.124. The van der Waals surface area contributed by atoms with Crippen LogP contribution in [0.25, 0.3) is 0 Å². The van der Waals surface area contributed by atoms with E-state index < -0.39 is 11.5 Å². The number of hydrogen-bond donors (Lipinski definition) is 1. The summed E-state index contributed by atoms with van der Waals surface area (Å²) in [5.74, 6) is 0.607. The maximum absolute atomic E-state index is 12.7. The molecule has 0 unspecified atom stereocenters. The minimum atomic E-state index is -0.862. The molecule has 0 radical (unpaired) electrons. The topological polar surface area (TPSA) is 66.8 Å². The van der Waals surface area contributed by atoms with Crippen LogP contribution in [-0.4, -0.2) is 35.0 Å². The van der Waals surface area contributed by atoms with Crippen LogP contribution in [0, 0.1) is 11.3 Å². The van der Waals surface area contributed by atoms with Crippen molar-refractivity contribution in [1.29, 1.82) is 0 Å². The van der Waals surface area contributed by atoms with Gasteiger partial charge in [0.25, 0.3) is 11.8 Å². The predicted molar refractivity (Wildman–Crippen MR) is 114 cm³/mol. The summed E-state index contributed by atoms with van der Waals surface area (Å²) in [6.45, 7) is 5.07. The number of aliphatic hydroxyl groups is 1. The minimum Gasteiger partial charge on any atom is -0.493 e. The average Bonchev–Trinajstić information content (AvgIpc) is 3.53. The van der Waals surface area contributed by atoms with E-state index in [0.29, 0.717) is 29.2 Å². The molecule has 0 bridgehead atoms. The number of amides is 2. The van der Waals surface area contributed by atoms with E-state index in [9.17, 15) is 14.7 Å². The fourth-order valence-electron chi connectivity index (χ4n) is 3.96. The summed E-state index contributed by atoms with van der Waals surface area (Å²) in [5.41, 5.74) is 0.814. The molecule has 0 saturated carbocycles. The highest BCUT2D eigenvalue weighted by molar-refractivity contribution is 6.21. The van der Waals surface area contributed by atoms with Crippen LogP contribution in [0.5, 0.6) is 5.75 Å². The van der Waals surface area contributed by atoms with E-state index >= 15 is 0 Å². The molecule has 1 N–H and O–H groups in total. The van der Waals surface area contributed by atoms with E-state index in [1.54, 1.807) is 24.3 Å². The van der Waals surface area contributed by atoms with Crippen LogP contribution in [0.4, 0.5) is 0 Å². The molecule has 2 amide bonds. The Labute approximate surface area is 177 Å². The van der Waals surface area contributed by atoms with Crippen molar-refractivity contribution in [2.45, 2.75) is 32.8 Å².